The van der Waals surface area contributed by atoms with Gasteiger partial charge >= 0.3 is 20.2 Å². The third kappa shape index (κ3) is 13.4. The summed E-state index contributed by atoms with van der Waals surface area (Å²) in [5, 5.41) is 2.49. The lowest BCUT2D eigenvalue weighted by atomic mass is 9.90. The predicted octanol–water partition coefficient (Wildman–Crippen LogP) is 3.18. The van der Waals surface area contributed by atoms with E-state index in [1.807, 2.05) is 0 Å². The molecule has 37 heavy (non-hydrogen) atoms. The molecule has 14 heteroatoms. The summed E-state index contributed by atoms with van der Waals surface area (Å²) in [4.78, 5) is 35.3. The minimum absolute atomic E-state index is 0.123. The van der Waals surface area contributed by atoms with Crippen molar-refractivity contribution in [1.29, 1.82) is 0 Å². The van der Waals surface area contributed by atoms with Crippen LogP contribution in [0.2, 0.25) is 0 Å². The van der Waals surface area contributed by atoms with Crippen LogP contribution in [0.15, 0.2) is 30.3 Å². The number of hydrogen-bond acceptors (Lipinski definition) is 11. The molecular weight excluding hydrogens is 529 g/mol. The van der Waals surface area contributed by atoms with Gasteiger partial charge in [0.2, 0.25) is 5.91 Å². The fourth-order valence-corrected chi connectivity index (χ4v) is 5.22. The van der Waals surface area contributed by atoms with E-state index in [0.717, 1.165) is 0 Å². The number of esters is 1. The molecule has 12 nitrogen and oxygen atoms in total. The maximum Gasteiger partial charge on any atom is 0.572 e. The molecule has 0 aliphatic rings. The molecular formula is C23H35NO11PS+. The fraction of sp³-hybridized carbons (Fsp3) is 0.609. The van der Waals surface area contributed by atoms with Crippen LogP contribution in [0.5, 0.6) is 5.75 Å². The van der Waals surface area contributed by atoms with E-state index in [2.05, 4.69) is 5.32 Å². The van der Waals surface area contributed by atoms with Crippen LogP contribution in [0.1, 0.15) is 41.0 Å². The molecule has 0 aliphatic heterocycles. The Morgan fingerprint density at radius 1 is 1.05 bits per heavy atom. The van der Waals surface area contributed by atoms with Gasteiger partial charge in [0, 0.05) is 13.5 Å². The highest BCUT2D eigenvalue weighted by Crippen LogP contribution is 2.43. The molecule has 1 N–H and O–H groups in total. The van der Waals surface area contributed by atoms with E-state index in [0.29, 0.717) is 0 Å². The van der Waals surface area contributed by atoms with Gasteiger partial charge in [-0.05, 0) is 37.0 Å². The van der Waals surface area contributed by atoms with Crippen LogP contribution in [0.25, 0.3) is 0 Å². The molecule has 0 heterocycles. The highest BCUT2D eigenvalue weighted by Gasteiger charge is 2.54. The fourth-order valence-electron chi connectivity index (χ4n) is 2.79. The van der Waals surface area contributed by atoms with Crippen LogP contribution < -0.4 is 9.84 Å². The molecule has 1 unspecified atom stereocenters. The molecule has 0 aromatic heterocycles. The van der Waals surface area contributed by atoms with E-state index in [4.69, 9.17) is 22.9 Å². The molecule has 0 fully saturated rings. The van der Waals surface area contributed by atoms with Crippen molar-refractivity contribution in [3.05, 3.63) is 30.3 Å². The Morgan fingerprint density at radius 3 is 2.27 bits per heavy atom. The lowest BCUT2D eigenvalue weighted by molar-refractivity contribution is -0.147. The van der Waals surface area contributed by atoms with Crippen LogP contribution in [0, 0.1) is 5.41 Å². The summed E-state index contributed by atoms with van der Waals surface area (Å²) in [6.07, 6.45) is -1.20. The lowest BCUT2D eigenvalue weighted by Crippen LogP contribution is -2.40. The van der Waals surface area contributed by atoms with Gasteiger partial charge < -0.3 is 19.5 Å². The van der Waals surface area contributed by atoms with Crippen molar-refractivity contribution in [2.24, 2.45) is 5.41 Å². The van der Waals surface area contributed by atoms with Gasteiger partial charge in [-0.2, -0.15) is 8.42 Å². The highest BCUT2D eigenvalue weighted by atomic mass is 32.2. The van der Waals surface area contributed by atoms with Crippen molar-refractivity contribution in [3.8, 4) is 5.75 Å². The number of carbonyl (C=O) groups is 3. The maximum atomic E-state index is 13.1. The second kappa shape index (κ2) is 15.5. The number of nitrogens with one attached hydrogen (secondary N) is 1. The number of para-hydroxylation sites is 1. The third-order valence-corrected chi connectivity index (χ3v) is 7.54. The van der Waals surface area contributed by atoms with Crippen LogP contribution in [-0.2, 0) is 42.7 Å². The predicted molar refractivity (Wildman–Crippen MR) is 134 cm³/mol. The van der Waals surface area contributed by atoms with Crippen LogP contribution in [-0.4, -0.2) is 70.3 Å². The molecule has 0 spiro atoms. The summed E-state index contributed by atoms with van der Waals surface area (Å²) in [6.45, 7) is 6.58. The standard InChI is InChI=1S/C23H34NO11PS/c1-17(2)34-22(27)32-14-13-31-21(26)20(36(28)35-19-10-7-6-8-11-19)23(4,5)16-33-37(29,30)15-9-12-24-18(3)25/h6-8,10-11,17,20H,9,12-16H2,1-5H3/p+1/t20-/m0/s1. The SMILES string of the molecule is CC(=O)NCCCS(=O)(=O)OCC(C)(C)[C@H](C(=O)OCCOC(=O)OC(C)C)[P+](=O)Oc1ccccc1. The van der Waals surface area contributed by atoms with E-state index in [-0.39, 0.29) is 49.7 Å². The Morgan fingerprint density at radius 2 is 1.68 bits per heavy atom. The quantitative estimate of drug-likeness (QED) is 0.136. The summed E-state index contributed by atoms with van der Waals surface area (Å²) in [6, 6.07) is 8.13. The topological polar surface area (TPSA) is 161 Å². The molecule has 1 aromatic rings. The lowest BCUT2D eigenvalue weighted by Gasteiger charge is -2.24. The van der Waals surface area contributed by atoms with Crippen molar-refractivity contribution in [2.45, 2.75) is 52.8 Å². The minimum atomic E-state index is -4.01. The molecule has 208 valence electrons. The van der Waals surface area contributed by atoms with Gasteiger partial charge in [-0.3, -0.25) is 13.5 Å². The van der Waals surface area contributed by atoms with Crippen molar-refractivity contribution in [1.82, 2.24) is 5.32 Å². The van der Waals surface area contributed by atoms with Crippen molar-refractivity contribution >= 4 is 36.2 Å². The number of hydrogen-bond donors (Lipinski definition) is 1. The molecule has 1 aromatic carbocycles. The first-order valence-electron chi connectivity index (χ1n) is 11.5. The molecule has 1 amide bonds. The Balaban J connectivity index is 2.87. The molecule has 0 saturated carbocycles. The van der Waals surface area contributed by atoms with Gasteiger partial charge in [-0.1, -0.05) is 32.0 Å². The van der Waals surface area contributed by atoms with E-state index in [1.165, 1.54) is 20.8 Å². The first kappa shape index (κ1) is 32.3. The van der Waals surface area contributed by atoms with E-state index in [1.54, 1.807) is 44.2 Å². The number of benzene rings is 1. The summed E-state index contributed by atoms with van der Waals surface area (Å²) in [7, 11) is -6.75. The zero-order valence-corrected chi connectivity index (χ0v) is 23.3. The van der Waals surface area contributed by atoms with Crippen LogP contribution in [0.3, 0.4) is 0 Å². The van der Waals surface area contributed by atoms with Crippen LogP contribution >= 0.6 is 8.03 Å². The number of rotatable bonds is 16. The first-order chi connectivity index (χ1) is 17.2. The largest absolute Gasteiger partial charge is 0.572 e. The molecule has 1 rings (SSSR count). The second-order valence-corrected chi connectivity index (χ2v) is 11.9. The van der Waals surface area contributed by atoms with Crippen LogP contribution in [0.4, 0.5) is 4.79 Å². The zero-order valence-electron chi connectivity index (χ0n) is 21.6. The van der Waals surface area contributed by atoms with Gasteiger partial charge in [0.05, 0.1) is 23.9 Å². The smallest absolute Gasteiger partial charge is 0.459 e. The van der Waals surface area contributed by atoms with Crippen molar-refractivity contribution in [2.75, 3.05) is 32.1 Å². The monoisotopic (exact) mass is 564 g/mol. The average Bonchev–Trinajstić information content (AvgIpc) is 2.78. The Hall–Kier alpha value is -2.76. The van der Waals surface area contributed by atoms with Gasteiger partial charge in [-0.25, -0.2) is 9.59 Å². The van der Waals surface area contributed by atoms with E-state index < -0.39 is 48.0 Å². The van der Waals surface area contributed by atoms with E-state index in [9.17, 15) is 27.4 Å². The summed E-state index contributed by atoms with van der Waals surface area (Å²) < 4.78 is 63.1. The van der Waals surface area contributed by atoms with Gasteiger partial charge in [0.1, 0.15) is 13.2 Å². The van der Waals surface area contributed by atoms with Gasteiger partial charge in [0.25, 0.3) is 15.8 Å². The first-order valence-corrected chi connectivity index (χ1v) is 14.4. The average molecular weight is 565 g/mol. The molecule has 0 radical (unpaired) electrons. The van der Waals surface area contributed by atoms with Gasteiger partial charge in [-0.15, -0.1) is 0 Å². The zero-order chi connectivity index (χ0) is 28.1. The number of amides is 1. The minimum Gasteiger partial charge on any atom is -0.459 e. The summed E-state index contributed by atoms with van der Waals surface area (Å²) in [5.41, 5.74) is -2.75. The Kier molecular flexibility index (Phi) is 13.5. The van der Waals surface area contributed by atoms with Gasteiger partial charge in [0.15, 0.2) is 5.75 Å². The summed E-state index contributed by atoms with van der Waals surface area (Å²) >= 11 is 0. The third-order valence-electron chi connectivity index (χ3n) is 4.55. The molecule has 2 atom stereocenters. The second-order valence-electron chi connectivity index (χ2n) is 8.87. The number of carbonyl (C=O) groups excluding carboxylic acids is 3. The van der Waals surface area contributed by atoms with E-state index >= 15 is 0 Å². The van der Waals surface area contributed by atoms with Crippen molar-refractivity contribution < 1.29 is 50.3 Å². The van der Waals surface area contributed by atoms with Crippen molar-refractivity contribution in [3.63, 3.8) is 0 Å². The molecule has 0 aliphatic carbocycles. The molecule has 0 saturated heterocycles. The highest BCUT2D eigenvalue weighted by molar-refractivity contribution is 7.86. The normalized spacial score (nSPS) is 12.9. The number of ether oxygens (including phenoxy) is 3. The maximum absolute atomic E-state index is 13.1. The Bertz CT molecular complexity index is 1010. The molecule has 0 bridgehead atoms. The summed E-state index contributed by atoms with van der Waals surface area (Å²) in [5.74, 6) is -1.36. The Labute approximate surface area is 218 Å².